The third-order valence-electron chi connectivity index (χ3n) is 4.12. The Bertz CT molecular complexity index is 843. The van der Waals surface area contributed by atoms with E-state index in [9.17, 15) is 4.79 Å². The molecule has 1 amide bonds. The van der Waals surface area contributed by atoms with Crippen LogP contribution in [0.2, 0.25) is 0 Å². The van der Waals surface area contributed by atoms with Crippen LogP contribution in [0.25, 0.3) is 0 Å². The molecule has 2 aliphatic heterocycles. The molecule has 1 spiro atoms. The molecule has 0 aromatic heterocycles. The fourth-order valence-electron chi connectivity index (χ4n) is 3.00. The quantitative estimate of drug-likeness (QED) is 0.688. The number of carbonyl (C=O) groups is 1. The predicted molar refractivity (Wildman–Crippen MR) is 93.5 cm³/mol. The second kappa shape index (κ2) is 4.82. The van der Waals surface area contributed by atoms with Crippen LogP contribution in [0.1, 0.15) is 11.1 Å². The molecule has 116 valence electrons. The zero-order valence-electron chi connectivity index (χ0n) is 12.0. The number of amides is 1. The Kier molecular flexibility index (Phi) is 3.08. The zero-order chi connectivity index (χ0) is 16.4. The Balaban J connectivity index is 2.11. The van der Waals surface area contributed by atoms with E-state index in [4.69, 9.17) is 10.5 Å². The van der Waals surface area contributed by atoms with E-state index in [0.29, 0.717) is 22.6 Å². The fraction of sp³-hybridized carbons (Fsp3) is 0.125. The van der Waals surface area contributed by atoms with Gasteiger partial charge in [0, 0.05) is 27.1 Å². The van der Waals surface area contributed by atoms with Gasteiger partial charge < -0.3 is 10.5 Å². The summed E-state index contributed by atoms with van der Waals surface area (Å²) in [5.74, 6) is 1.19. The number of rotatable bonds is 0. The molecular formula is C16H11Br2N3O2. The van der Waals surface area contributed by atoms with Gasteiger partial charge in [0.1, 0.15) is 11.5 Å². The van der Waals surface area contributed by atoms with Gasteiger partial charge in [-0.2, -0.15) is 0 Å². The lowest BCUT2D eigenvalue weighted by atomic mass is 9.80. The summed E-state index contributed by atoms with van der Waals surface area (Å²) in [6, 6.07) is 11.1. The standard InChI is InChI=1S/C16H11Br2N3O2/c1-21-14(22)16(20-15(21)19)10-6-8(17)2-4-12(10)23-13-5-3-9(18)7-11(13)16/h2-7H,1H3,(H2,19,20). The highest BCUT2D eigenvalue weighted by Gasteiger charge is 2.54. The number of nitrogens with two attached hydrogens (primary N) is 1. The van der Waals surface area contributed by atoms with Crippen molar-refractivity contribution in [2.45, 2.75) is 5.54 Å². The van der Waals surface area contributed by atoms with Crippen molar-refractivity contribution in [3.05, 3.63) is 56.5 Å². The third-order valence-corrected chi connectivity index (χ3v) is 5.11. The number of likely N-dealkylation sites (N-methyl/N-ethyl adjacent to an activating group) is 1. The molecule has 0 radical (unpaired) electrons. The minimum Gasteiger partial charge on any atom is -0.457 e. The van der Waals surface area contributed by atoms with Gasteiger partial charge in [0.2, 0.25) is 5.54 Å². The zero-order valence-corrected chi connectivity index (χ0v) is 15.2. The van der Waals surface area contributed by atoms with Gasteiger partial charge in [-0.1, -0.05) is 31.9 Å². The summed E-state index contributed by atoms with van der Waals surface area (Å²) in [6.07, 6.45) is 0. The van der Waals surface area contributed by atoms with E-state index < -0.39 is 5.54 Å². The molecule has 0 unspecified atom stereocenters. The minimum atomic E-state index is -1.21. The van der Waals surface area contributed by atoms with E-state index in [0.717, 1.165) is 8.95 Å². The number of nitrogens with zero attached hydrogens (tertiary/aromatic N) is 2. The van der Waals surface area contributed by atoms with Gasteiger partial charge >= 0.3 is 0 Å². The van der Waals surface area contributed by atoms with E-state index in [-0.39, 0.29) is 11.9 Å². The lowest BCUT2D eigenvalue weighted by Crippen LogP contribution is -2.42. The molecule has 4 rings (SSSR count). The van der Waals surface area contributed by atoms with Crippen molar-refractivity contribution in [2.24, 2.45) is 10.7 Å². The first kappa shape index (κ1) is 14.7. The molecule has 0 atom stereocenters. The van der Waals surface area contributed by atoms with Gasteiger partial charge in [0.25, 0.3) is 5.91 Å². The van der Waals surface area contributed by atoms with Crippen LogP contribution < -0.4 is 10.5 Å². The van der Waals surface area contributed by atoms with Crippen LogP contribution >= 0.6 is 31.9 Å². The molecule has 2 aromatic rings. The summed E-state index contributed by atoms with van der Waals surface area (Å²) < 4.78 is 7.65. The van der Waals surface area contributed by atoms with Crippen molar-refractivity contribution in [2.75, 3.05) is 7.05 Å². The molecule has 7 heteroatoms. The molecule has 0 aliphatic carbocycles. The van der Waals surface area contributed by atoms with Gasteiger partial charge in [-0.05, 0) is 36.4 Å². The van der Waals surface area contributed by atoms with Crippen molar-refractivity contribution in [1.29, 1.82) is 0 Å². The summed E-state index contributed by atoms with van der Waals surface area (Å²) in [4.78, 5) is 19.0. The number of hydrogen-bond donors (Lipinski definition) is 1. The van der Waals surface area contributed by atoms with E-state index in [1.807, 2.05) is 36.4 Å². The molecule has 2 heterocycles. The topological polar surface area (TPSA) is 67.9 Å². The summed E-state index contributed by atoms with van der Waals surface area (Å²) in [7, 11) is 1.63. The number of carbonyl (C=O) groups excluding carboxylic acids is 1. The number of halogens is 2. The van der Waals surface area contributed by atoms with Crippen molar-refractivity contribution in [3.63, 3.8) is 0 Å². The lowest BCUT2D eigenvalue weighted by Gasteiger charge is -2.33. The first-order valence-electron chi connectivity index (χ1n) is 6.85. The van der Waals surface area contributed by atoms with E-state index >= 15 is 0 Å². The van der Waals surface area contributed by atoms with Crippen LogP contribution in [0.4, 0.5) is 0 Å². The maximum atomic E-state index is 13.1. The first-order chi connectivity index (χ1) is 10.9. The van der Waals surface area contributed by atoms with E-state index in [1.54, 1.807) is 7.05 Å². The van der Waals surface area contributed by atoms with Crippen LogP contribution in [0.3, 0.4) is 0 Å². The molecule has 2 N–H and O–H groups in total. The van der Waals surface area contributed by atoms with Crippen molar-refractivity contribution < 1.29 is 9.53 Å². The van der Waals surface area contributed by atoms with Crippen LogP contribution in [0, 0.1) is 0 Å². The van der Waals surface area contributed by atoms with E-state index in [2.05, 4.69) is 36.9 Å². The number of ether oxygens (including phenoxy) is 1. The highest BCUT2D eigenvalue weighted by molar-refractivity contribution is 9.10. The van der Waals surface area contributed by atoms with Crippen LogP contribution in [0.15, 0.2) is 50.3 Å². The molecule has 23 heavy (non-hydrogen) atoms. The van der Waals surface area contributed by atoms with Crippen LogP contribution in [-0.4, -0.2) is 23.8 Å². The number of fused-ring (bicyclic) bond motifs is 4. The normalized spacial score (nSPS) is 17.6. The maximum Gasteiger partial charge on any atom is 0.266 e. The molecule has 2 aliphatic rings. The van der Waals surface area contributed by atoms with Crippen LogP contribution in [0.5, 0.6) is 11.5 Å². The highest BCUT2D eigenvalue weighted by Crippen LogP contribution is 2.52. The number of benzene rings is 2. The molecule has 0 saturated carbocycles. The average molecular weight is 437 g/mol. The Hall–Kier alpha value is -1.86. The monoisotopic (exact) mass is 435 g/mol. The molecular weight excluding hydrogens is 426 g/mol. The third kappa shape index (κ3) is 1.89. The van der Waals surface area contributed by atoms with E-state index in [1.165, 1.54) is 4.90 Å². The fourth-order valence-corrected chi connectivity index (χ4v) is 3.73. The molecule has 0 fully saturated rings. The molecule has 2 aromatic carbocycles. The smallest absolute Gasteiger partial charge is 0.266 e. The first-order valence-corrected chi connectivity index (χ1v) is 8.43. The Morgan fingerprint density at radius 2 is 1.61 bits per heavy atom. The second-order valence-corrected chi connectivity index (χ2v) is 7.26. The Morgan fingerprint density at radius 3 is 2.04 bits per heavy atom. The van der Waals surface area contributed by atoms with Crippen molar-refractivity contribution in [1.82, 2.24) is 4.90 Å². The van der Waals surface area contributed by atoms with Crippen LogP contribution in [-0.2, 0) is 10.3 Å². The second-order valence-electron chi connectivity index (χ2n) is 5.43. The number of hydrogen-bond acceptors (Lipinski definition) is 4. The SMILES string of the molecule is CN1C(=O)C2(N=C1N)c1cc(Br)ccc1Oc1ccc(Br)cc12. The summed E-state index contributed by atoms with van der Waals surface area (Å²) in [5, 5.41) is 0. The predicted octanol–water partition coefficient (Wildman–Crippen LogP) is 3.35. The summed E-state index contributed by atoms with van der Waals surface area (Å²) in [6.45, 7) is 0. The van der Waals surface area contributed by atoms with Gasteiger partial charge in [-0.3, -0.25) is 9.69 Å². The van der Waals surface area contributed by atoms with Crippen molar-refractivity contribution in [3.8, 4) is 11.5 Å². The Labute approximate surface area is 149 Å². The average Bonchev–Trinajstić information content (AvgIpc) is 2.75. The van der Waals surface area contributed by atoms with Gasteiger partial charge in [-0.15, -0.1) is 0 Å². The van der Waals surface area contributed by atoms with Crippen molar-refractivity contribution >= 4 is 43.7 Å². The van der Waals surface area contributed by atoms with Gasteiger partial charge in [-0.25, -0.2) is 4.99 Å². The number of aliphatic imine (C=N–C) groups is 1. The molecule has 5 nitrogen and oxygen atoms in total. The number of guanidine groups is 1. The molecule has 0 bridgehead atoms. The van der Waals surface area contributed by atoms with Gasteiger partial charge in [0.15, 0.2) is 5.96 Å². The molecule has 0 saturated heterocycles. The minimum absolute atomic E-state index is 0.189. The lowest BCUT2D eigenvalue weighted by molar-refractivity contribution is -0.129. The highest BCUT2D eigenvalue weighted by atomic mass is 79.9. The largest absolute Gasteiger partial charge is 0.457 e. The maximum absolute atomic E-state index is 13.1. The summed E-state index contributed by atoms with van der Waals surface area (Å²) in [5.41, 5.74) is 6.09. The summed E-state index contributed by atoms with van der Waals surface area (Å²) >= 11 is 6.91. The van der Waals surface area contributed by atoms with Gasteiger partial charge in [0.05, 0.1) is 0 Å². The Morgan fingerprint density at radius 1 is 1.09 bits per heavy atom.